The highest BCUT2D eigenvalue weighted by molar-refractivity contribution is 7.12. The summed E-state index contributed by atoms with van der Waals surface area (Å²) in [4.78, 5) is 12.3. The lowest BCUT2D eigenvalue weighted by molar-refractivity contribution is -0.139. The van der Waals surface area contributed by atoms with E-state index in [1.165, 1.54) is 7.11 Å². The predicted molar refractivity (Wildman–Crippen MR) is 116 cm³/mol. The first-order valence-electron chi connectivity index (χ1n) is 9.82. The van der Waals surface area contributed by atoms with Crippen LogP contribution in [0, 0.1) is 0 Å². The van der Waals surface area contributed by atoms with Gasteiger partial charge in [-0.3, -0.25) is 0 Å². The van der Waals surface area contributed by atoms with Gasteiger partial charge in [0, 0.05) is 12.0 Å². The molecule has 0 aliphatic carbocycles. The molecule has 0 bridgehead atoms. The molecule has 2 aromatic carbocycles. The monoisotopic (exact) mass is 436 g/mol. The second-order valence-electron chi connectivity index (χ2n) is 7.19. The SMILES string of the molecule is COc1cccc([C@H]2Oc3ccccc3[C@@H]3CC(c4cccs4)=NN23)c1OCC(=O)O. The van der Waals surface area contributed by atoms with Gasteiger partial charge >= 0.3 is 5.97 Å². The Labute approximate surface area is 183 Å². The van der Waals surface area contributed by atoms with Crippen LogP contribution in [0.25, 0.3) is 0 Å². The number of hydrogen-bond donors (Lipinski definition) is 1. The molecule has 0 spiro atoms. The molecule has 3 heterocycles. The zero-order chi connectivity index (χ0) is 21.4. The van der Waals surface area contributed by atoms with E-state index in [4.69, 9.17) is 24.4 Å². The maximum atomic E-state index is 11.2. The Morgan fingerprint density at radius 2 is 2.03 bits per heavy atom. The third-order valence-corrected chi connectivity index (χ3v) is 6.26. The number of hydrazone groups is 1. The van der Waals surface area contributed by atoms with Crippen LogP contribution in [0.3, 0.4) is 0 Å². The molecule has 0 unspecified atom stereocenters. The Kier molecular flexibility index (Phi) is 4.99. The molecule has 5 rings (SSSR count). The van der Waals surface area contributed by atoms with Gasteiger partial charge in [0.2, 0.25) is 6.23 Å². The number of nitrogens with zero attached hydrogens (tertiary/aromatic N) is 2. The minimum atomic E-state index is -1.07. The maximum absolute atomic E-state index is 11.2. The molecule has 2 aliphatic heterocycles. The van der Waals surface area contributed by atoms with Crippen molar-refractivity contribution >= 4 is 23.0 Å². The average Bonchev–Trinajstić information content (AvgIpc) is 3.47. The predicted octanol–water partition coefficient (Wildman–Crippen LogP) is 4.46. The summed E-state index contributed by atoms with van der Waals surface area (Å²) in [6, 6.07) is 17.5. The fourth-order valence-corrected chi connectivity index (χ4v) is 4.73. The lowest BCUT2D eigenvalue weighted by atomic mass is 9.97. The Balaban J connectivity index is 1.61. The Hall–Kier alpha value is -3.52. The van der Waals surface area contributed by atoms with Gasteiger partial charge in [0.1, 0.15) is 5.75 Å². The molecule has 7 nitrogen and oxygen atoms in total. The molecule has 158 valence electrons. The van der Waals surface area contributed by atoms with Crippen molar-refractivity contribution in [2.24, 2.45) is 5.10 Å². The lowest BCUT2D eigenvalue weighted by Gasteiger charge is -2.38. The van der Waals surface area contributed by atoms with Crippen LogP contribution in [0.1, 0.15) is 34.7 Å². The van der Waals surface area contributed by atoms with Crippen molar-refractivity contribution in [1.82, 2.24) is 5.01 Å². The minimum absolute atomic E-state index is 0.00516. The van der Waals surface area contributed by atoms with Gasteiger partial charge in [-0.1, -0.05) is 30.3 Å². The summed E-state index contributed by atoms with van der Waals surface area (Å²) in [5, 5.41) is 18.0. The molecule has 0 saturated carbocycles. The number of hydrogen-bond acceptors (Lipinski definition) is 7. The fraction of sp³-hybridized carbons (Fsp3) is 0.217. The molecule has 3 aromatic rings. The smallest absolute Gasteiger partial charge is 0.341 e. The first-order chi connectivity index (χ1) is 15.2. The average molecular weight is 436 g/mol. The van der Waals surface area contributed by atoms with E-state index in [-0.39, 0.29) is 6.04 Å². The molecule has 1 aromatic heterocycles. The van der Waals surface area contributed by atoms with Crippen LogP contribution in [0.2, 0.25) is 0 Å². The van der Waals surface area contributed by atoms with Crippen LogP contribution in [0.5, 0.6) is 17.2 Å². The Bertz CT molecular complexity index is 1140. The van der Waals surface area contributed by atoms with Crippen LogP contribution >= 0.6 is 11.3 Å². The van der Waals surface area contributed by atoms with Gasteiger partial charge in [-0.15, -0.1) is 11.3 Å². The molecule has 2 aliphatic rings. The molecular formula is C23H20N2O5S. The number of carboxylic acids is 1. The van der Waals surface area contributed by atoms with E-state index < -0.39 is 18.8 Å². The molecular weight excluding hydrogens is 416 g/mol. The van der Waals surface area contributed by atoms with Crippen molar-refractivity contribution in [1.29, 1.82) is 0 Å². The highest BCUT2D eigenvalue weighted by atomic mass is 32.1. The number of para-hydroxylation sites is 2. The van der Waals surface area contributed by atoms with Crippen molar-refractivity contribution in [3.8, 4) is 17.2 Å². The number of aliphatic carboxylic acids is 1. The number of ether oxygens (including phenoxy) is 3. The van der Waals surface area contributed by atoms with Crippen molar-refractivity contribution < 1.29 is 24.1 Å². The van der Waals surface area contributed by atoms with Crippen LogP contribution in [0.4, 0.5) is 0 Å². The van der Waals surface area contributed by atoms with Crippen LogP contribution in [-0.4, -0.2) is 35.5 Å². The summed E-state index contributed by atoms with van der Waals surface area (Å²) >= 11 is 1.66. The van der Waals surface area contributed by atoms with E-state index in [1.807, 2.05) is 46.8 Å². The second kappa shape index (κ2) is 7.96. The first-order valence-corrected chi connectivity index (χ1v) is 10.7. The van der Waals surface area contributed by atoms with Gasteiger partial charge in [-0.05, 0) is 29.6 Å². The van der Waals surface area contributed by atoms with Crippen LogP contribution in [0.15, 0.2) is 65.1 Å². The van der Waals surface area contributed by atoms with Gasteiger partial charge in [0.05, 0.1) is 29.3 Å². The summed E-state index contributed by atoms with van der Waals surface area (Å²) < 4.78 is 17.5. The third-order valence-electron chi connectivity index (χ3n) is 5.34. The van der Waals surface area contributed by atoms with E-state index in [0.29, 0.717) is 17.1 Å². The number of thiophene rings is 1. The highest BCUT2D eigenvalue weighted by Crippen LogP contribution is 2.50. The number of rotatable bonds is 6. The number of carboxylic acid groups (broad SMARTS) is 1. The molecule has 1 N–H and O–H groups in total. The fourth-order valence-electron chi connectivity index (χ4n) is 4.01. The van der Waals surface area contributed by atoms with E-state index in [1.54, 1.807) is 17.4 Å². The van der Waals surface area contributed by atoms with E-state index >= 15 is 0 Å². The first kappa shape index (κ1) is 19.4. The molecule has 2 atom stereocenters. The summed E-state index contributed by atoms with van der Waals surface area (Å²) in [6.45, 7) is -0.482. The number of methoxy groups -OCH3 is 1. The summed E-state index contributed by atoms with van der Waals surface area (Å²) in [6.07, 6.45) is 0.170. The number of carbonyl (C=O) groups is 1. The van der Waals surface area contributed by atoms with Crippen molar-refractivity contribution in [3.63, 3.8) is 0 Å². The number of fused-ring (bicyclic) bond motifs is 3. The van der Waals surface area contributed by atoms with Gasteiger partial charge in [0.15, 0.2) is 18.1 Å². The van der Waals surface area contributed by atoms with Crippen molar-refractivity contribution in [2.75, 3.05) is 13.7 Å². The van der Waals surface area contributed by atoms with Gasteiger partial charge in [0.25, 0.3) is 0 Å². The van der Waals surface area contributed by atoms with Crippen molar-refractivity contribution in [3.05, 3.63) is 76.0 Å². The highest BCUT2D eigenvalue weighted by Gasteiger charge is 2.42. The summed E-state index contributed by atoms with van der Waals surface area (Å²) in [7, 11) is 1.52. The van der Waals surface area contributed by atoms with Gasteiger partial charge in [-0.25, -0.2) is 9.80 Å². The zero-order valence-corrected chi connectivity index (χ0v) is 17.5. The van der Waals surface area contributed by atoms with E-state index in [9.17, 15) is 4.79 Å². The maximum Gasteiger partial charge on any atom is 0.341 e. The quantitative estimate of drug-likeness (QED) is 0.614. The number of benzene rings is 2. The largest absolute Gasteiger partial charge is 0.493 e. The van der Waals surface area contributed by atoms with Crippen LogP contribution in [-0.2, 0) is 4.79 Å². The molecule has 0 saturated heterocycles. The second-order valence-corrected chi connectivity index (χ2v) is 8.14. The van der Waals surface area contributed by atoms with Gasteiger partial charge < -0.3 is 19.3 Å². The molecule has 0 radical (unpaired) electrons. The minimum Gasteiger partial charge on any atom is -0.493 e. The molecule has 0 amide bonds. The zero-order valence-electron chi connectivity index (χ0n) is 16.7. The van der Waals surface area contributed by atoms with Gasteiger partial charge in [-0.2, -0.15) is 5.10 Å². The van der Waals surface area contributed by atoms with Crippen molar-refractivity contribution in [2.45, 2.75) is 18.7 Å². The van der Waals surface area contributed by atoms with Crippen LogP contribution < -0.4 is 14.2 Å². The third kappa shape index (κ3) is 3.48. The molecule has 0 fully saturated rings. The summed E-state index contributed by atoms with van der Waals surface area (Å²) in [5.41, 5.74) is 2.74. The normalized spacial score (nSPS) is 19.1. The lowest BCUT2D eigenvalue weighted by Crippen LogP contribution is -2.34. The molecule has 8 heteroatoms. The topological polar surface area (TPSA) is 80.6 Å². The Morgan fingerprint density at radius 1 is 1.19 bits per heavy atom. The Morgan fingerprint density at radius 3 is 2.81 bits per heavy atom. The summed E-state index contributed by atoms with van der Waals surface area (Å²) in [5.74, 6) is 0.502. The van der Waals surface area contributed by atoms with E-state index in [2.05, 4.69) is 12.1 Å². The standard InChI is InChI=1S/C23H20N2O5S/c1-28-19-9-4-7-15(22(19)29-13-21(26)27)23-25-17(14-6-2-3-8-18(14)30-23)12-16(24-25)20-10-5-11-31-20/h2-11,17,23H,12-13H2,1H3,(H,26,27)/t17-,23+/m0/s1. The molecule has 31 heavy (non-hydrogen) atoms. The van der Waals surface area contributed by atoms with E-state index in [0.717, 1.165) is 28.3 Å².